The summed E-state index contributed by atoms with van der Waals surface area (Å²) in [4.78, 5) is 0. The first-order chi connectivity index (χ1) is 24.9. The second kappa shape index (κ2) is 22.7. The molecule has 0 heterocycles. The molecular formula is C51H52. The van der Waals surface area contributed by atoms with E-state index in [4.69, 9.17) is 0 Å². The van der Waals surface area contributed by atoms with Gasteiger partial charge in [-0.1, -0.05) is 209 Å². The van der Waals surface area contributed by atoms with Crippen molar-refractivity contribution in [3.8, 4) is 11.8 Å². The van der Waals surface area contributed by atoms with Crippen LogP contribution >= 0.6 is 0 Å². The van der Waals surface area contributed by atoms with E-state index in [1.165, 1.54) is 27.8 Å². The van der Waals surface area contributed by atoms with Crippen LogP contribution in [0.2, 0.25) is 0 Å². The van der Waals surface area contributed by atoms with Crippen molar-refractivity contribution in [2.24, 2.45) is 5.92 Å². The molecule has 0 bridgehead atoms. The zero-order valence-electron chi connectivity index (χ0n) is 30.9. The van der Waals surface area contributed by atoms with Crippen molar-refractivity contribution in [2.45, 2.75) is 40.5 Å². The molecule has 0 spiro atoms. The van der Waals surface area contributed by atoms with Crippen LogP contribution in [-0.2, 0) is 6.42 Å². The van der Waals surface area contributed by atoms with E-state index >= 15 is 0 Å². The zero-order valence-corrected chi connectivity index (χ0v) is 30.9. The van der Waals surface area contributed by atoms with Crippen LogP contribution < -0.4 is 0 Å². The lowest BCUT2D eigenvalue weighted by Gasteiger charge is -2.06. The summed E-state index contributed by atoms with van der Waals surface area (Å²) < 4.78 is 0. The van der Waals surface area contributed by atoms with Gasteiger partial charge < -0.3 is 0 Å². The number of aryl methyl sites for hydroxylation is 1. The Balaban J connectivity index is 1.71. The molecule has 0 N–H and O–H groups in total. The molecule has 3 aromatic carbocycles. The standard InChI is InChI=1S/C51H52/c1-8-12-15-21-42(6)46(11-4)34-27-41(5)28-35-48(20-10-3)51-39-32-45(33-40-51)31-38-50(49-24-17-14-18-25-49)26-19-23-44-29-36-47(37-30-44)43(7)22-16-13-9-2/h8-18,20-22,24-26,28-33,35-40,42H,2-3,5,19,23H2,1,4,6-7H3/b12-8-,16-13-,21-15-,35-28-,38-31-,43-22+,46-11+,48-20+,50-26+. The Morgan fingerprint density at radius 3 is 2.08 bits per heavy atom. The monoisotopic (exact) mass is 664 g/mol. The summed E-state index contributed by atoms with van der Waals surface area (Å²) in [5.74, 6) is 6.75. The molecule has 256 valence electrons. The quantitative estimate of drug-likeness (QED) is 0.106. The SMILES string of the molecule is C=C/C=C\C=C(/C)c1ccc(CC/C=C(\C=C/c2ccc(C(/C=C\C(=C)C#C/C(=C\C)C(C)/C=C\C=C/C)=C/C=C)cc2)c2ccccc2)cc1. The molecule has 0 aliphatic heterocycles. The van der Waals surface area contributed by atoms with E-state index in [1.54, 1.807) is 6.08 Å². The number of hydrogen-bond donors (Lipinski definition) is 0. The van der Waals surface area contributed by atoms with E-state index < -0.39 is 0 Å². The van der Waals surface area contributed by atoms with Gasteiger partial charge in [0.1, 0.15) is 0 Å². The lowest BCUT2D eigenvalue weighted by atomic mass is 9.99. The van der Waals surface area contributed by atoms with E-state index in [9.17, 15) is 0 Å². The van der Waals surface area contributed by atoms with Gasteiger partial charge in [0.2, 0.25) is 0 Å². The molecule has 0 aliphatic carbocycles. The summed E-state index contributed by atoms with van der Waals surface area (Å²) in [6, 6.07) is 28.1. The Hall–Kier alpha value is -5.90. The van der Waals surface area contributed by atoms with Gasteiger partial charge >= 0.3 is 0 Å². The molecule has 1 unspecified atom stereocenters. The van der Waals surface area contributed by atoms with Crippen molar-refractivity contribution in [1.29, 1.82) is 0 Å². The predicted octanol–water partition coefficient (Wildman–Crippen LogP) is 14.0. The average molecular weight is 665 g/mol. The van der Waals surface area contributed by atoms with Crippen LogP contribution in [0.3, 0.4) is 0 Å². The lowest BCUT2D eigenvalue weighted by Crippen LogP contribution is -1.92. The van der Waals surface area contributed by atoms with Crippen LogP contribution in [0.4, 0.5) is 0 Å². The van der Waals surface area contributed by atoms with Gasteiger partial charge in [0.05, 0.1) is 0 Å². The van der Waals surface area contributed by atoms with Crippen molar-refractivity contribution in [1.82, 2.24) is 0 Å². The largest absolute Gasteiger partial charge is 0.0991 e. The van der Waals surface area contributed by atoms with Crippen molar-refractivity contribution >= 4 is 22.8 Å². The summed E-state index contributed by atoms with van der Waals surface area (Å²) in [5, 5.41) is 0. The topological polar surface area (TPSA) is 0 Å². The third-order valence-electron chi connectivity index (χ3n) is 8.24. The smallest absolute Gasteiger partial charge is 0.0177 e. The van der Waals surface area contributed by atoms with E-state index in [0.29, 0.717) is 0 Å². The summed E-state index contributed by atoms with van der Waals surface area (Å²) in [7, 11) is 0. The van der Waals surface area contributed by atoms with Gasteiger partial charge in [-0.2, -0.15) is 0 Å². The summed E-state index contributed by atoms with van der Waals surface area (Å²) in [5.41, 5.74) is 11.3. The second-order valence-electron chi connectivity index (χ2n) is 12.1. The molecule has 0 fully saturated rings. The molecule has 51 heavy (non-hydrogen) atoms. The maximum absolute atomic E-state index is 4.17. The Kier molecular flexibility index (Phi) is 17.6. The van der Waals surface area contributed by atoms with E-state index in [-0.39, 0.29) is 5.92 Å². The molecule has 0 aliphatic rings. The van der Waals surface area contributed by atoms with Crippen molar-refractivity contribution in [3.63, 3.8) is 0 Å². The number of rotatable bonds is 16. The molecule has 0 radical (unpaired) electrons. The van der Waals surface area contributed by atoms with Gasteiger partial charge in [-0.25, -0.2) is 0 Å². The van der Waals surface area contributed by atoms with Gasteiger partial charge in [-0.15, -0.1) is 0 Å². The molecule has 1 atom stereocenters. The molecule has 0 aromatic heterocycles. The van der Waals surface area contributed by atoms with Crippen molar-refractivity contribution in [3.05, 3.63) is 229 Å². The normalized spacial score (nSPS) is 13.7. The maximum atomic E-state index is 4.17. The summed E-state index contributed by atoms with van der Waals surface area (Å²) in [6.07, 6.45) is 34.7. The summed E-state index contributed by atoms with van der Waals surface area (Å²) >= 11 is 0. The highest BCUT2D eigenvalue weighted by molar-refractivity contribution is 5.80. The van der Waals surface area contributed by atoms with Gasteiger partial charge in [0.15, 0.2) is 0 Å². The highest BCUT2D eigenvalue weighted by Gasteiger charge is 2.03. The van der Waals surface area contributed by atoms with Crippen molar-refractivity contribution < 1.29 is 0 Å². The third kappa shape index (κ3) is 14.2. The minimum atomic E-state index is 0.241. The first-order valence-corrected chi connectivity index (χ1v) is 17.6. The number of benzene rings is 3. The van der Waals surface area contributed by atoms with Crippen molar-refractivity contribution in [2.75, 3.05) is 0 Å². The highest BCUT2D eigenvalue weighted by Crippen LogP contribution is 2.22. The lowest BCUT2D eigenvalue weighted by molar-refractivity contribution is 0.897. The maximum Gasteiger partial charge on any atom is 0.0177 e. The number of allylic oxidation sites excluding steroid dienone is 20. The van der Waals surface area contributed by atoms with Crippen LogP contribution in [0.5, 0.6) is 0 Å². The van der Waals surface area contributed by atoms with Crippen LogP contribution in [0.15, 0.2) is 201 Å². The van der Waals surface area contributed by atoms with E-state index in [2.05, 4.69) is 173 Å². The molecule has 0 amide bonds. The first-order valence-electron chi connectivity index (χ1n) is 17.6. The third-order valence-corrected chi connectivity index (χ3v) is 8.24. The van der Waals surface area contributed by atoms with E-state index in [0.717, 1.165) is 40.7 Å². The molecule has 0 heteroatoms. The fourth-order valence-corrected chi connectivity index (χ4v) is 5.24. The minimum absolute atomic E-state index is 0.241. The zero-order chi connectivity index (χ0) is 36.7. The van der Waals surface area contributed by atoms with Crippen LogP contribution in [0, 0.1) is 17.8 Å². The van der Waals surface area contributed by atoms with E-state index in [1.807, 2.05) is 56.4 Å². The van der Waals surface area contributed by atoms with Crippen LogP contribution in [0.1, 0.15) is 61.9 Å². The van der Waals surface area contributed by atoms with Crippen LogP contribution in [0.25, 0.3) is 22.8 Å². The molecule has 0 nitrogen and oxygen atoms in total. The summed E-state index contributed by atoms with van der Waals surface area (Å²) in [6.45, 7) is 20.2. The Morgan fingerprint density at radius 2 is 1.41 bits per heavy atom. The Labute approximate surface area is 308 Å². The Morgan fingerprint density at radius 1 is 0.706 bits per heavy atom. The van der Waals surface area contributed by atoms with Gasteiger partial charge in [-0.05, 0) is 84.2 Å². The molecule has 3 rings (SSSR count). The first kappa shape index (κ1) is 39.5. The van der Waals surface area contributed by atoms with Gasteiger partial charge in [-0.3, -0.25) is 0 Å². The van der Waals surface area contributed by atoms with Gasteiger partial charge in [0, 0.05) is 17.1 Å². The predicted molar refractivity (Wildman–Crippen MR) is 229 cm³/mol. The number of hydrogen-bond acceptors (Lipinski definition) is 0. The van der Waals surface area contributed by atoms with Gasteiger partial charge in [0.25, 0.3) is 0 Å². The molecule has 0 saturated carbocycles. The highest BCUT2D eigenvalue weighted by atomic mass is 14.1. The average Bonchev–Trinajstić information content (AvgIpc) is 3.16. The van der Waals surface area contributed by atoms with Crippen LogP contribution in [-0.4, -0.2) is 0 Å². The Bertz CT molecular complexity index is 1920. The fourth-order valence-electron chi connectivity index (χ4n) is 5.24. The fraction of sp³-hybridized carbons (Fsp3) is 0.137. The minimum Gasteiger partial charge on any atom is -0.0991 e. The molecular weight excluding hydrogens is 613 g/mol. The molecule has 0 saturated heterocycles. The second-order valence-corrected chi connectivity index (χ2v) is 12.1. The molecule has 3 aromatic rings.